The van der Waals surface area contributed by atoms with Gasteiger partial charge in [0.25, 0.3) is 0 Å². The number of nitrogens with zero attached hydrogens (tertiary/aromatic N) is 1. The first-order chi connectivity index (χ1) is 15.2. The zero-order valence-corrected chi connectivity index (χ0v) is 19.3. The van der Waals surface area contributed by atoms with Gasteiger partial charge in [-0.05, 0) is 48.5 Å². The molecule has 4 nitrogen and oxygen atoms in total. The van der Waals surface area contributed by atoms with Gasteiger partial charge in [0.15, 0.2) is 0 Å². The van der Waals surface area contributed by atoms with E-state index in [1.165, 1.54) is 11.1 Å². The molecule has 0 bridgehead atoms. The topological polar surface area (TPSA) is 52.3 Å². The molecule has 4 rings (SSSR count). The van der Waals surface area contributed by atoms with Gasteiger partial charge >= 0.3 is 0 Å². The van der Waals surface area contributed by atoms with Crippen LogP contribution >= 0.6 is 0 Å². The third-order valence-corrected chi connectivity index (χ3v) is 6.09. The molecular formula is C27H35NO3. The number of hydrogen-bond acceptors (Lipinski definition) is 4. The van der Waals surface area contributed by atoms with Crippen LogP contribution in [0.15, 0.2) is 58.0 Å². The summed E-state index contributed by atoms with van der Waals surface area (Å²) in [6.45, 7) is 8.74. The van der Waals surface area contributed by atoms with Crippen molar-refractivity contribution in [3.63, 3.8) is 0 Å². The van der Waals surface area contributed by atoms with Gasteiger partial charge in [0.05, 0.1) is 18.4 Å². The predicted octanol–water partition coefficient (Wildman–Crippen LogP) is 6.36. The van der Waals surface area contributed by atoms with Crippen molar-refractivity contribution in [3.05, 3.63) is 65.1 Å². The van der Waals surface area contributed by atoms with Crippen LogP contribution in [-0.2, 0) is 22.4 Å². The van der Waals surface area contributed by atoms with Crippen molar-refractivity contribution in [2.24, 2.45) is 11.8 Å². The Morgan fingerprint density at radius 3 is 2.74 bits per heavy atom. The first-order valence-corrected chi connectivity index (χ1v) is 11.7. The average molecular weight is 422 g/mol. The first-order valence-electron chi connectivity index (χ1n) is 11.7. The Kier molecular flexibility index (Phi) is 8.42. The summed E-state index contributed by atoms with van der Waals surface area (Å²) in [5.74, 6) is 2.12. The summed E-state index contributed by atoms with van der Waals surface area (Å²) in [5, 5.41) is 0. The zero-order valence-electron chi connectivity index (χ0n) is 19.3. The number of carbonyl (C=O) groups excluding carboxylic acids is 1. The van der Waals surface area contributed by atoms with Gasteiger partial charge in [-0.15, -0.1) is 0 Å². The lowest BCUT2D eigenvalue weighted by Crippen LogP contribution is -2.18. The number of aromatic nitrogens is 1. The van der Waals surface area contributed by atoms with Crippen molar-refractivity contribution in [1.82, 2.24) is 4.98 Å². The van der Waals surface area contributed by atoms with E-state index in [4.69, 9.17) is 14.1 Å². The smallest absolute Gasteiger partial charge is 0.226 e. The second kappa shape index (κ2) is 11.2. The van der Waals surface area contributed by atoms with E-state index in [0.29, 0.717) is 18.4 Å². The number of benzene rings is 1. The van der Waals surface area contributed by atoms with Gasteiger partial charge in [0.2, 0.25) is 5.89 Å². The average Bonchev–Trinajstić information content (AvgIpc) is 3.44. The summed E-state index contributed by atoms with van der Waals surface area (Å²) in [7, 11) is 0. The summed E-state index contributed by atoms with van der Waals surface area (Å²) in [4.78, 5) is 15.9. The molecular weight excluding hydrogens is 386 g/mol. The molecule has 4 heteroatoms. The highest BCUT2D eigenvalue weighted by molar-refractivity contribution is 5.57. The lowest BCUT2D eigenvalue weighted by Gasteiger charge is -2.22. The van der Waals surface area contributed by atoms with E-state index in [-0.39, 0.29) is 12.0 Å². The van der Waals surface area contributed by atoms with Crippen molar-refractivity contribution in [3.8, 4) is 11.5 Å². The Morgan fingerprint density at radius 2 is 2.03 bits per heavy atom. The van der Waals surface area contributed by atoms with Crippen LogP contribution in [0.4, 0.5) is 0 Å². The highest BCUT2D eigenvalue weighted by Crippen LogP contribution is 2.42. The lowest BCUT2D eigenvalue weighted by atomic mass is 9.86. The van der Waals surface area contributed by atoms with Gasteiger partial charge in [-0.25, -0.2) is 4.98 Å². The van der Waals surface area contributed by atoms with Gasteiger partial charge in [0.1, 0.15) is 12.0 Å². The Balaban J connectivity index is 0.00000132. The molecule has 1 fully saturated rings. The second-order valence-electron chi connectivity index (χ2n) is 8.00. The summed E-state index contributed by atoms with van der Waals surface area (Å²) in [5.41, 5.74) is 4.75. The van der Waals surface area contributed by atoms with Crippen molar-refractivity contribution >= 4 is 6.29 Å². The number of rotatable bonds is 8. The number of hydrogen-bond donors (Lipinski definition) is 0. The molecule has 2 aromatic rings. The third kappa shape index (κ3) is 5.43. The van der Waals surface area contributed by atoms with Crippen LogP contribution in [0, 0.1) is 11.8 Å². The molecule has 2 unspecified atom stereocenters. The number of ether oxygens (including phenoxy) is 1. The molecule has 0 aliphatic heterocycles. The minimum atomic E-state index is 0.100. The number of fused-ring (bicyclic) bond motifs is 1. The van der Waals surface area contributed by atoms with E-state index >= 15 is 0 Å². The number of aryl methyl sites for hydroxylation is 1. The minimum absolute atomic E-state index is 0.100. The van der Waals surface area contributed by atoms with Gasteiger partial charge in [0, 0.05) is 24.3 Å². The summed E-state index contributed by atoms with van der Waals surface area (Å²) in [6, 6.07) is 10.0. The maximum Gasteiger partial charge on any atom is 0.226 e. The molecule has 0 amide bonds. The van der Waals surface area contributed by atoms with Gasteiger partial charge in [-0.2, -0.15) is 0 Å². The highest BCUT2D eigenvalue weighted by Gasteiger charge is 2.32. The summed E-state index contributed by atoms with van der Waals surface area (Å²) >= 11 is 0. The molecule has 0 saturated heterocycles. The van der Waals surface area contributed by atoms with E-state index < -0.39 is 0 Å². The van der Waals surface area contributed by atoms with E-state index in [1.807, 2.05) is 51.1 Å². The predicted molar refractivity (Wildman–Crippen MR) is 125 cm³/mol. The monoisotopic (exact) mass is 421 g/mol. The Bertz CT molecular complexity index is 910. The Hall–Kier alpha value is -2.46. The zero-order chi connectivity index (χ0) is 22.2. The van der Waals surface area contributed by atoms with Crippen molar-refractivity contribution < 1.29 is 13.9 Å². The molecule has 31 heavy (non-hydrogen) atoms. The Morgan fingerprint density at radius 1 is 1.26 bits per heavy atom. The molecule has 0 spiro atoms. The van der Waals surface area contributed by atoms with Crippen LogP contribution in [0.25, 0.3) is 11.5 Å². The molecule has 1 aromatic heterocycles. The molecule has 166 valence electrons. The maximum atomic E-state index is 11.2. The fraction of sp³-hybridized carbons (Fsp3) is 0.481. The van der Waals surface area contributed by atoms with E-state index in [0.717, 1.165) is 55.4 Å². The van der Waals surface area contributed by atoms with Crippen LogP contribution in [0.3, 0.4) is 0 Å². The first kappa shape index (κ1) is 23.2. The van der Waals surface area contributed by atoms with Gasteiger partial charge in [-0.1, -0.05) is 58.0 Å². The largest absolute Gasteiger partial charge is 0.441 e. The molecule has 0 N–H and O–H groups in total. The lowest BCUT2D eigenvalue weighted by molar-refractivity contribution is -0.111. The van der Waals surface area contributed by atoms with Crippen LogP contribution in [0.1, 0.15) is 58.4 Å². The molecule has 2 aliphatic carbocycles. The van der Waals surface area contributed by atoms with Crippen LogP contribution in [-0.4, -0.2) is 24.0 Å². The van der Waals surface area contributed by atoms with Crippen molar-refractivity contribution in [1.29, 1.82) is 0 Å². The fourth-order valence-electron chi connectivity index (χ4n) is 4.47. The molecule has 0 radical (unpaired) electrons. The van der Waals surface area contributed by atoms with Crippen molar-refractivity contribution in [2.75, 3.05) is 6.61 Å². The Labute approximate surface area is 186 Å². The normalized spacial score (nSPS) is 20.8. The number of aldehydes is 1. The quantitative estimate of drug-likeness (QED) is 0.465. The summed E-state index contributed by atoms with van der Waals surface area (Å²) < 4.78 is 12.1. The SMILES string of the molecule is CC.CCc1oc(-c2ccccc2)nc1CCOC1C=C2CCC([C@@H](C)C=O)C2=CC1. The number of carbonyl (C=O) groups is 1. The number of allylic oxidation sites excluding steroid dienone is 2. The minimum Gasteiger partial charge on any atom is -0.441 e. The van der Waals surface area contributed by atoms with Crippen LogP contribution in [0.2, 0.25) is 0 Å². The van der Waals surface area contributed by atoms with E-state index in [1.54, 1.807) is 0 Å². The molecule has 1 aromatic carbocycles. The van der Waals surface area contributed by atoms with Crippen LogP contribution in [0.5, 0.6) is 0 Å². The highest BCUT2D eigenvalue weighted by atomic mass is 16.5. The third-order valence-electron chi connectivity index (χ3n) is 6.09. The second-order valence-corrected chi connectivity index (χ2v) is 8.00. The van der Waals surface area contributed by atoms with Crippen LogP contribution < -0.4 is 0 Å². The molecule has 1 heterocycles. The molecule has 1 saturated carbocycles. The maximum absolute atomic E-state index is 11.2. The standard InChI is InChI=1S/C25H29NO3.C2H6/c1-3-24-23(26-25(29-24)18-7-5-4-6-8-18)13-14-28-20-10-12-22-19(15-20)9-11-21(22)17(2)16-27;1-2/h4-8,12,15-17,20-21H,3,9-11,13-14H2,1-2H3;1-2H3/t17-,20?,21?;/m0./s1. The molecule has 2 aliphatic rings. The van der Waals surface area contributed by atoms with E-state index in [2.05, 4.69) is 19.1 Å². The van der Waals surface area contributed by atoms with Crippen molar-refractivity contribution in [2.45, 2.75) is 65.9 Å². The molecule has 3 atom stereocenters. The fourth-order valence-corrected chi connectivity index (χ4v) is 4.47. The van der Waals surface area contributed by atoms with Gasteiger partial charge in [-0.3, -0.25) is 0 Å². The number of oxazole rings is 1. The van der Waals surface area contributed by atoms with E-state index in [9.17, 15) is 4.79 Å². The van der Waals surface area contributed by atoms with Gasteiger partial charge < -0.3 is 13.9 Å². The summed E-state index contributed by atoms with van der Waals surface area (Å²) in [6.07, 6.45) is 10.4.